The molecule has 3 nitrogen and oxygen atoms in total. The summed E-state index contributed by atoms with van der Waals surface area (Å²) >= 11 is 12.1. The largest absolute Gasteiger partial charge is 0.266 e. The molecule has 7 heteroatoms. The molecule has 0 radical (unpaired) electrons. The molecule has 0 N–H and O–H groups in total. The van der Waals surface area contributed by atoms with Crippen molar-refractivity contribution < 1.29 is 12.8 Å². The smallest absolute Gasteiger partial charge is 0.232 e. The molecule has 0 saturated carbocycles. The van der Waals surface area contributed by atoms with Crippen LogP contribution in [0.1, 0.15) is 5.56 Å². The van der Waals surface area contributed by atoms with Crippen molar-refractivity contribution in [3.63, 3.8) is 0 Å². The maximum Gasteiger partial charge on any atom is 0.232 e. The second-order valence-corrected chi connectivity index (χ2v) is 7.17. The monoisotopic (exact) mass is 347 g/mol. The van der Waals surface area contributed by atoms with E-state index in [-0.39, 0.29) is 6.54 Å². The molecular weight excluding hydrogens is 336 g/mol. The lowest BCUT2D eigenvalue weighted by atomic mass is 10.2. The van der Waals surface area contributed by atoms with Gasteiger partial charge in [-0.05, 0) is 36.4 Å². The van der Waals surface area contributed by atoms with Crippen molar-refractivity contribution in [1.82, 2.24) is 0 Å². The van der Waals surface area contributed by atoms with Crippen LogP contribution < -0.4 is 4.31 Å². The molecule has 21 heavy (non-hydrogen) atoms. The van der Waals surface area contributed by atoms with Crippen molar-refractivity contribution in [1.29, 1.82) is 0 Å². The molecule has 2 aromatic carbocycles. The molecule has 0 bridgehead atoms. The van der Waals surface area contributed by atoms with E-state index >= 15 is 0 Å². The van der Waals surface area contributed by atoms with Gasteiger partial charge in [-0.2, -0.15) is 0 Å². The molecule has 0 amide bonds. The zero-order valence-electron chi connectivity index (χ0n) is 11.1. The van der Waals surface area contributed by atoms with Crippen molar-refractivity contribution in [2.75, 3.05) is 10.6 Å². The van der Waals surface area contributed by atoms with Crippen molar-refractivity contribution in [3.05, 3.63) is 63.9 Å². The average Bonchev–Trinajstić information content (AvgIpc) is 2.38. The third kappa shape index (κ3) is 3.87. The van der Waals surface area contributed by atoms with Crippen molar-refractivity contribution in [2.24, 2.45) is 0 Å². The summed E-state index contributed by atoms with van der Waals surface area (Å²) in [7, 11) is -3.57. The van der Waals surface area contributed by atoms with Gasteiger partial charge < -0.3 is 0 Å². The molecule has 112 valence electrons. The number of benzene rings is 2. The van der Waals surface area contributed by atoms with Crippen LogP contribution in [0.4, 0.5) is 10.1 Å². The van der Waals surface area contributed by atoms with E-state index < -0.39 is 15.8 Å². The van der Waals surface area contributed by atoms with Gasteiger partial charge in [0.25, 0.3) is 0 Å². The Hall–Kier alpha value is -1.30. The quantitative estimate of drug-likeness (QED) is 0.834. The van der Waals surface area contributed by atoms with Crippen LogP contribution in [0.5, 0.6) is 0 Å². The Balaban J connectivity index is 2.46. The number of nitrogens with zero attached hydrogens (tertiary/aromatic N) is 1. The summed E-state index contributed by atoms with van der Waals surface area (Å²) in [5.41, 5.74) is 0.838. The minimum atomic E-state index is -3.57. The Labute approximate surface area is 133 Å². The molecule has 0 fully saturated rings. The van der Waals surface area contributed by atoms with Gasteiger partial charge in [-0.1, -0.05) is 29.3 Å². The topological polar surface area (TPSA) is 37.4 Å². The fraction of sp³-hybridized carbons (Fsp3) is 0.143. The SMILES string of the molecule is CS(=O)(=O)N(Cc1c(Cl)cccc1Cl)c1ccc(F)cc1. The molecule has 0 aliphatic carbocycles. The molecule has 0 aliphatic heterocycles. The Morgan fingerprint density at radius 1 is 1.05 bits per heavy atom. The summed E-state index contributed by atoms with van der Waals surface area (Å²) in [6, 6.07) is 10.1. The van der Waals surface area contributed by atoms with E-state index in [9.17, 15) is 12.8 Å². The van der Waals surface area contributed by atoms with Gasteiger partial charge in [-0.25, -0.2) is 12.8 Å². The van der Waals surface area contributed by atoms with Crippen LogP contribution >= 0.6 is 23.2 Å². The molecule has 0 aromatic heterocycles. The maximum absolute atomic E-state index is 13.0. The fourth-order valence-electron chi connectivity index (χ4n) is 1.83. The van der Waals surface area contributed by atoms with E-state index in [1.54, 1.807) is 18.2 Å². The second kappa shape index (κ2) is 6.22. The Kier molecular flexibility index (Phi) is 4.76. The minimum Gasteiger partial charge on any atom is -0.266 e. The van der Waals surface area contributed by atoms with Gasteiger partial charge in [0, 0.05) is 15.6 Å². The van der Waals surface area contributed by atoms with Crippen LogP contribution in [-0.4, -0.2) is 14.7 Å². The minimum absolute atomic E-state index is 0.0248. The highest BCUT2D eigenvalue weighted by Gasteiger charge is 2.20. The zero-order chi connectivity index (χ0) is 15.6. The summed E-state index contributed by atoms with van der Waals surface area (Å²) < 4.78 is 38.1. The molecule has 0 aliphatic rings. The summed E-state index contributed by atoms with van der Waals surface area (Å²) in [5.74, 6) is -0.442. The lowest BCUT2D eigenvalue weighted by molar-refractivity contribution is 0.596. The zero-order valence-corrected chi connectivity index (χ0v) is 13.4. The van der Waals surface area contributed by atoms with Crippen LogP contribution in [0.2, 0.25) is 10.0 Å². The molecule has 0 heterocycles. The molecular formula is C14H12Cl2FNO2S. The first-order chi connectivity index (χ1) is 9.79. The maximum atomic E-state index is 13.0. The van der Waals surface area contributed by atoms with Gasteiger partial charge in [-0.15, -0.1) is 0 Å². The number of hydrogen-bond donors (Lipinski definition) is 0. The molecule has 0 saturated heterocycles. The molecule has 2 aromatic rings. The van der Waals surface area contributed by atoms with Gasteiger partial charge in [0.2, 0.25) is 10.0 Å². The van der Waals surface area contributed by atoms with E-state index in [1.165, 1.54) is 24.3 Å². The van der Waals surface area contributed by atoms with Gasteiger partial charge in [0.05, 0.1) is 18.5 Å². The second-order valence-electron chi connectivity index (χ2n) is 4.45. The third-order valence-corrected chi connectivity index (χ3v) is 4.73. The number of rotatable bonds is 4. The van der Waals surface area contributed by atoms with E-state index in [2.05, 4.69) is 0 Å². The highest BCUT2D eigenvalue weighted by Crippen LogP contribution is 2.29. The van der Waals surface area contributed by atoms with E-state index in [0.717, 1.165) is 10.6 Å². The van der Waals surface area contributed by atoms with E-state index in [1.807, 2.05) is 0 Å². The van der Waals surface area contributed by atoms with Crippen molar-refractivity contribution in [3.8, 4) is 0 Å². The van der Waals surface area contributed by atoms with Crippen molar-refractivity contribution in [2.45, 2.75) is 6.54 Å². The van der Waals surface area contributed by atoms with Crippen LogP contribution in [0.3, 0.4) is 0 Å². The van der Waals surface area contributed by atoms with Crippen LogP contribution in [0, 0.1) is 5.82 Å². The summed E-state index contributed by atoms with van der Waals surface area (Å²) in [6.07, 6.45) is 1.07. The standard InChI is InChI=1S/C14H12Cl2FNO2S/c1-21(19,20)18(11-7-5-10(17)6-8-11)9-12-13(15)3-2-4-14(12)16/h2-8H,9H2,1H3. The van der Waals surface area contributed by atoms with Gasteiger partial charge in [0.15, 0.2) is 0 Å². The Bertz CT molecular complexity index is 728. The van der Waals surface area contributed by atoms with Gasteiger partial charge in [-0.3, -0.25) is 4.31 Å². The first-order valence-corrected chi connectivity index (χ1v) is 8.55. The van der Waals surface area contributed by atoms with Crippen molar-refractivity contribution >= 4 is 38.9 Å². The van der Waals surface area contributed by atoms with E-state index in [0.29, 0.717) is 21.3 Å². The highest BCUT2D eigenvalue weighted by atomic mass is 35.5. The van der Waals surface area contributed by atoms with Gasteiger partial charge in [0.1, 0.15) is 5.82 Å². The Morgan fingerprint density at radius 2 is 1.57 bits per heavy atom. The third-order valence-electron chi connectivity index (χ3n) is 2.88. The number of halogens is 3. The summed E-state index contributed by atoms with van der Waals surface area (Å²) in [6.45, 7) is -0.0248. The predicted octanol–water partition coefficient (Wildman–Crippen LogP) is 4.10. The molecule has 0 spiro atoms. The number of anilines is 1. The van der Waals surface area contributed by atoms with Crippen LogP contribution in [-0.2, 0) is 16.6 Å². The fourth-order valence-corrected chi connectivity index (χ4v) is 3.22. The highest BCUT2D eigenvalue weighted by molar-refractivity contribution is 7.92. The number of hydrogen-bond acceptors (Lipinski definition) is 2. The lowest BCUT2D eigenvalue weighted by Gasteiger charge is -2.23. The van der Waals surface area contributed by atoms with Gasteiger partial charge >= 0.3 is 0 Å². The molecule has 0 atom stereocenters. The summed E-state index contributed by atoms with van der Waals surface area (Å²) in [4.78, 5) is 0. The number of sulfonamides is 1. The van der Waals surface area contributed by atoms with Crippen LogP contribution in [0.25, 0.3) is 0 Å². The predicted molar refractivity (Wildman–Crippen MR) is 83.9 cm³/mol. The Morgan fingerprint density at radius 3 is 2.05 bits per heavy atom. The lowest BCUT2D eigenvalue weighted by Crippen LogP contribution is -2.29. The first-order valence-electron chi connectivity index (χ1n) is 5.95. The normalized spacial score (nSPS) is 11.4. The van der Waals surface area contributed by atoms with E-state index in [4.69, 9.17) is 23.2 Å². The summed E-state index contributed by atoms with van der Waals surface area (Å²) in [5, 5.41) is 0.747. The first kappa shape index (κ1) is 16.1. The van der Waals surface area contributed by atoms with Crippen LogP contribution in [0.15, 0.2) is 42.5 Å². The molecule has 2 rings (SSSR count). The average molecular weight is 348 g/mol. The molecule has 0 unspecified atom stereocenters.